The average Bonchev–Trinajstić information content (AvgIpc) is 3.20. The van der Waals surface area contributed by atoms with Crippen LogP contribution in [0, 0.1) is 27.3 Å². The summed E-state index contributed by atoms with van der Waals surface area (Å²) in [5.74, 6) is 0.381. The number of hydrogen-bond donors (Lipinski definition) is 1. The Morgan fingerprint density at radius 1 is 1.25 bits per heavy atom. The molecule has 0 atom stereocenters. The van der Waals surface area contributed by atoms with Crippen molar-refractivity contribution >= 4 is 44.3 Å². The number of halogens is 2. The molecule has 0 amide bonds. The smallest absolute Gasteiger partial charge is 0.269 e. The first kappa shape index (κ1) is 21.2. The highest BCUT2D eigenvalue weighted by atomic mass is 79.9. The molecule has 4 rings (SSSR count). The van der Waals surface area contributed by atoms with Crippen molar-refractivity contribution < 1.29 is 14.1 Å². The largest absolute Gasteiger partial charge is 0.488 e. The number of fused-ring (bicyclic) bond motifs is 1. The normalized spacial score (nSPS) is 11.3. The van der Waals surface area contributed by atoms with Gasteiger partial charge in [-0.25, -0.2) is 9.37 Å². The molecular formula is C23H14BrFN4O3. The number of nitrogens with one attached hydrogen (secondary N) is 1. The topological polar surface area (TPSA) is 105 Å². The molecule has 0 aliphatic heterocycles. The van der Waals surface area contributed by atoms with Gasteiger partial charge in [-0.15, -0.1) is 0 Å². The van der Waals surface area contributed by atoms with Gasteiger partial charge in [0.15, 0.2) is 0 Å². The molecule has 0 fully saturated rings. The van der Waals surface area contributed by atoms with E-state index in [2.05, 4.69) is 32.0 Å². The molecule has 0 unspecified atom stereocenters. The van der Waals surface area contributed by atoms with Crippen molar-refractivity contribution in [1.82, 2.24) is 9.97 Å². The number of imidazole rings is 1. The lowest BCUT2D eigenvalue weighted by Gasteiger charge is -2.10. The Bertz CT molecular complexity index is 1410. The fraction of sp³-hybridized carbons (Fsp3) is 0.0435. The second-order valence-electron chi connectivity index (χ2n) is 6.81. The van der Waals surface area contributed by atoms with Gasteiger partial charge in [0.1, 0.15) is 30.1 Å². The highest BCUT2D eigenvalue weighted by molar-refractivity contribution is 9.10. The van der Waals surface area contributed by atoms with Crippen molar-refractivity contribution in [3.8, 4) is 11.8 Å². The summed E-state index contributed by atoms with van der Waals surface area (Å²) < 4.78 is 20.1. The minimum atomic E-state index is -0.463. The maximum absolute atomic E-state index is 13.5. The average molecular weight is 493 g/mol. The van der Waals surface area contributed by atoms with Crippen LogP contribution in [0.3, 0.4) is 0 Å². The van der Waals surface area contributed by atoms with Crippen LogP contribution in [0.1, 0.15) is 17.0 Å². The van der Waals surface area contributed by atoms with Crippen molar-refractivity contribution in [3.63, 3.8) is 0 Å². The first-order chi connectivity index (χ1) is 15.4. The zero-order valence-corrected chi connectivity index (χ0v) is 18.0. The molecule has 0 saturated carbocycles. The Kier molecular flexibility index (Phi) is 5.96. The Morgan fingerprint density at radius 3 is 2.88 bits per heavy atom. The Hall–Kier alpha value is -4.03. The van der Waals surface area contributed by atoms with Crippen LogP contribution in [0.2, 0.25) is 0 Å². The van der Waals surface area contributed by atoms with Gasteiger partial charge in [0, 0.05) is 22.2 Å². The molecule has 0 saturated heterocycles. The number of rotatable bonds is 6. The van der Waals surface area contributed by atoms with Crippen LogP contribution in [0.25, 0.3) is 22.7 Å². The van der Waals surface area contributed by atoms with Crippen molar-refractivity contribution in [1.29, 1.82) is 5.26 Å². The van der Waals surface area contributed by atoms with Crippen LogP contribution in [0.4, 0.5) is 10.1 Å². The minimum Gasteiger partial charge on any atom is -0.488 e. The van der Waals surface area contributed by atoms with Crippen LogP contribution in [0.5, 0.6) is 5.75 Å². The zero-order chi connectivity index (χ0) is 22.7. The Labute approximate surface area is 190 Å². The summed E-state index contributed by atoms with van der Waals surface area (Å²) in [5, 5.41) is 20.7. The summed E-state index contributed by atoms with van der Waals surface area (Å²) in [6, 6.07) is 17.7. The molecule has 32 heavy (non-hydrogen) atoms. The van der Waals surface area contributed by atoms with Gasteiger partial charge in [-0.2, -0.15) is 5.26 Å². The van der Waals surface area contributed by atoms with E-state index in [1.54, 1.807) is 36.4 Å². The summed E-state index contributed by atoms with van der Waals surface area (Å²) in [4.78, 5) is 17.8. The molecule has 0 aliphatic rings. The van der Waals surface area contributed by atoms with Crippen molar-refractivity contribution in [2.24, 2.45) is 0 Å². The Morgan fingerprint density at radius 2 is 2.09 bits per heavy atom. The maximum Gasteiger partial charge on any atom is 0.269 e. The highest BCUT2D eigenvalue weighted by Crippen LogP contribution is 2.29. The first-order valence-corrected chi connectivity index (χ1v) is 10.2. The molecule has 9 heteroatoms. The van der Waals surface area contributed by atoms with Gasteiger partial charge in [-0.1, -0.05) is 28.1 Å². The fourth-order valence-electron chi connectivity index (χ4n) is 3.10. The van der Waals surface area contributed by atoms with Gasteiger partial charge in [-0.05, 0) is 48.0 Å². The summed E-state index contributed by atoms with van der Waals surface area (Å²) in [5.41, 5.74) is 2.48. The summed E-state index contributed by atoms with van der Waals surface area (Å²) in [6.07, 6.45) is 1.61. The standard InChI is InChI=1S/C23H14BrFN4O3/c24-17-4-7-22(32-13-14-2-1-3-19(8-14)29(30)31)15(10-17)9-16(12-26)23-27-20-6-5-18(25)11-21(20)28-23/h1-11H,13H2,(H,27,28)/b16-9-. The lowest BCUT2D eigenvalue weighted by Crippen LogP contribution is -1.98. The van der Waals surface area contributed by atoms with Crippen molar-refractivity contribution in [2.45, 2.75) is 6.61 Å². The zero-order valence-electron chi connectivity index (χ0n) is 16.4. The Balaban J connectivity index is 1.66. The molecule has 1 heterocycles. The molecule has 0 bridgehead atoms. The molecule has 1 N–H and O–H groups in total. The van der Waals surface area contributed by atoms with Gasteiger partial charge < -0.3 is 9.72 Å². The van der Waals surface area contributed by atoms with Crippen LogP contribution in [0.15, 0.2) is 65.1 Å². The van der Waals surface area contributed by atoms with Gasteiger partial charge in [-0.3, -0.25) is 10.1 Å². The van der Waals surface area contributed by atoms with Crippen molar-refractivity contribution in [2.75, 3.05) is 0 Å². The number of nitrogens with zero attached hydrogens (tertiary/aromatic N) is 3. The van der Waals surface area contributed by atoms with E-state index in [4.69, 9.17) is 4.74 Å². The highest BCUT2D eigenvalue weighted by Gasteiger charge is 2.12. The molecule has 4 aromatic rings. The number of ether oxygens (including phenoxy) is 1. The molecule has 7 nitrogen and oxygen atoms in total. The maximum atomic E-state index is 13.5. The number of nitro benzene ring substituents is 1. The van der Waals surface area contributed by atoms with E-state index in [1.165, 1.54) is 30.3 Å². The van der Waals surface area contributed by atoms with E-state index in [0.717, 1.165) is 4.47 Å². The van der Waals surface area contributed by atoms with E-state index in [9.17, 15) is 19.8 Å². The number of H-pyrrole nitrogens is 1. The third-order valence-electron chi connectivity index (χ3n) is 4.61. The summed E-state index contributed by atoms with van der Waals surface area (Å²) >= 11 is 3.41. The third kappa shape index (κ3) is 4.66. The van der Waals surface area contributed by atoms with Gasteiger partial charge in [0.25, 0.3) is 5.69 Å². The quantitative estimate of drug-likeness (QED) is 0.201. The lowest BCUT2D eigenvalue weighted by atomic mass is 10.1. The number of nitriles is 1. The van der Waals surface area contributed by atoms with E-state index < -0.39 is 10.7 Å². The summed E-state index contributed by atoms with van der Waals surface area (Å²) in [6.45, 7) is 0.107. The monoisotopic (exact) mass is 492 g/mol. The number of non-ortho nitro benzene ring substituents is 1. The molecule has 1 aromatic heterocycles. The summed E-state index contributed by atoms with van der Waals surface area (Å²) in [7, 11) is 0. The lowest BCUT2D eigenvalue weighted by molar-refractivity contribution is -0.384. The van der Waals surface area contributed by atoms with Crippen molar-refractivity contribution in [3.05, 3.63) is 98.0 Å². The third-order valence-corrected chi connectivity index (χ3v) is 5.10. The first-order valence-electron chi connectivity index (χ1n) is 9.36. The van der Waals surface area contributed by atoms with Gasteiger partial charge in [0.2, 0.25) is 0 Å². The van der Waals surface area contributed by atoms with Crippen LogP contribution in [-0.4, -0.2) is 14.9 Å². The molecule has 3 aromatic carbocycles. The second-order valence-corrected chi connectivity index (χ2v) is 7.73. The van der Waals surface area contributed by atoms with Gasteiger partial charge in [0.05, 0.1) is 21.5 Å². The SMILES string of the molecule is N#C/C(=C/c1cc(Br)ccc1OCc1cccc([N+](=O)[O-])c1)c1nc2ccc(F)cc2[nH]1. The van der Waals surface area contributed by atoms with Crippen LogP contribution < -0.4 is 4.74 Å². The van der Waals surface area contributed by atoms with E-state index in [0.29, 0.717) is 33.7 Å². The molecule has 0 spiro atoms. The predicted octanol–water partition coefficient (Wildman–Crippen LogP) is 6.02. The number of nitro groups is 1. The van der Waals surface area contributed by atoms with E-state index >= 15 is 0 Å². The van der Waals surface area contributed by atoms with Crippen LogP contribution >= 0.6 is 15.9 Å². The number of hydrogen-bond acceptors (Lipinski definition) is 5. The molecule has 0 aliphatic carbocycles. The fourth-order valence-corrected chi connectivity index (χ4v) is 3.48. The number of aromatic nitrogens is 2. The number of aromatic amines is 1. The molecule has 0 radical (unpaired) electrons. The predicted molar refractivity (Wildman–Crippen MR) is 121 cm³/mol. The van der Waals surface area contributed by atoms with E-state index in [-0.39, 0.29) is 17.9 Å². The molecular weight excluding hydrogens is 479 g/mol. The minimum absolute atomic E-state index is 0.0184. The van der Waals surface area contributed by atoms with E-state index in [1.807, 2.05) is 0 Å². The number of benzene rings is 3. The van der Waals surface area contributed by atoms with Crippen LogP contribution in [-0.2, 0) is 6.61 Å². The number of allylic oxidation sites excluding steroid dienone is 1. The second kappa shape index (κ2) is 8.99. The van der Waals surface area contributed by atoms with Gasteiger partial charge >= 0.3 is 0 Å². The molecule has 158 valence electrons.